The summed E-state index contributed by atoms with van der Waals surface area (Å²) >= 11 is 0. The number of likely N-dealkylation sites (N-methyl/N-ethyl adjacent to an activating group) is 1. The van der Waals surface area contributed by atoms with E-state index in [0.717, 1.165) is 18.3 Å². The Morgan fingerprint density at radius 2 is 1.76 bits per heavy atom. The Morgan fingerprint density at radius 1 is 1.08 bits per heavy atom. The van der Waals surface area contributed by atoms with Crippen molar-refractivity contribution in [3.8, 4) is 0 Å². The number of benzene rings is 1. The number of hydrogen-bond donors (Lipinski definition) is 1. The quantitative estimate of drug-likeness (QED) is 0.775. The average Bonchev–Trinajstić information content (AvgIpc) is 2.99. The molecule has 1 heterocycles. The molecule has 0 fully saturated rings. The minimum Gasteiger partial charge on any atom is -0.468 e. The van der Waals surface area contributed by atoms with Crippen LogP contribution in [0, 0.1) is 0 Å². The van der Waals surface area contributed by atoms with Gasteiger partial charge in [-0.2, -0.15) is 0 Å². The van der Waals surface area contributed by atoms with Gasteiger partial charge in [-0.25, -0.2) is 16.8 Å². The van der Waals surface area contributed by atoms with Crippen LogP contribution in [0.4, 0.5) is 5.69 Å². The molecule has 0 spiro atoms. The molecule has 1 aromatic heterocycles. The number of rotatable bonds is 7. The van der Waals surface area contributed by atoms with Crippen molar-refractivity contribution in [2.45, 2.75) is 15.8 Å². The van der Waals surface area contributed by atoms with Crippen LogP contribution in [-0.2, 0) is 19.7 Å². The van der Waals surface area contributed by atoms with Crippen LogP contribution in [0.5, 0.6) is 0 Å². The van der Waals surface area contributed by atoms with Crippen LogP contribution >= 0.6 is 0 Å². The van der Waals surface area contributed by atoms with Gasteiger partial charge >= 0.3 is 0 Å². The third-order valence-corrected chi connectivity index (χ3v) is 6.01. The maximum absolute atomic E-state index is 12.1. The highest BCUT2D eigenvalue weighted by atomic mass is 32.2. The minimum atomic E-state index is -3.60. The van der Waals surface area contributed by atoms with E-state index in [2.05, 4.69) is 5.32 Å². The van der Waals surface area contributed by atoms with Gasteiger partial charge < -0.3 is 9.73 Å². The second-order valence-corrected chi connectivity index (χ2v) is 10.1. The van der Waals surface area contributed by atoms with Gasteiger partial charge in [0.2, 0.25) is 0 Å². The van der Waals surface area contributed by atoms with E-state index in [-0.39, 0.29) is 15.8 Å². The van der Waals surface area contributed by atoms with Gasteiger partial charge in [-0.05, 0) is 44.4 Å². The molecule has 1 unspecified atom stereocenters. The second-order valence-electron chi connectivity index (χ2n) is 6.08. The van der Waals surface area contributed by atoms with Crippen LogP contribution in [-0.4, -0.2) is 54.9 Å². The van der Waals surface area contributed by atoms with Crippen molar-refractivity contribution in [1.82, 2.24) is 4.90 Å². The van der Waals surface area contributed by atoms with Crippen LogP contribution in [0.25, 0.3) is 0 Å². The predicted molar refractivity (Wildman–Crippen MR) is 96.3 cm³/mol. The molecule has 0 bridgehead atoms. The van der Waals surface area contributed by atoms with E-state index >= 15 is 0 Å². The number of nitrogens with zero attached hydrogens (tertiary/aromatic N) is 1. The molecule has 1 N–H and O–H groups in total. The summed E-state index contributed by atoms with van der Waals surface area (Å²) in [6, 6.07) is 7.57. The number of nitrogens with one attached hydrogen (secondary N) is 1. The third kappa shape index (κ3) is 4.83. The lowest BCUT2D eigenvalue weighted by molar-refractivity contribution is 0.269. The molecule has 0 radical (unpaired) electrons. The van der Waals surface area contributed by atoms with E-state index in [4.69, 9.17) is 4.42 Å². The fourth-order valence-electron chi connectivity index (χ4n) is 2.41. The Balaban J connectivity index is 2.36. The van der Waals surface area contributed by atoms with Crippen LogP contribution < -0.4 is 5.32 Å². The molecule has 0 aliphatic carbocycles. The Hall–Kier alpha value is -1.84. The molecule has 0 amide bonds. The smallest absolute Gasteiger partial charge is 0.177 e. The number of furan rings is 1. The van der Waals surface area contributed by atoms with E-state index < -0.39 is 19.7 Å². The summed E-state index contributed by atoms with van der Waals surface area (Å²) in [6.07, 6.45) is 3.67. The number of anilines is 1. The Morgan fingerprint density at radius 3 is 2.24 bits per heavy atom. The normalized spacial score (nSPS) is 13.8. The fraction of sp³-hybridized carbons (Fsp3) is 0.375. The van der Waals surface area contributed by atoms with Crippen molar-refractivity contribution in [3.05, 3.63) is 42.4 Å². The summed E-state index contributed by atoms with van der Waals surface area (Å²) in [6.45, 7) is 0.390. The summed E-state index contributed by atoms with van der Waals surface area (Å²) in [5, 5.41) is 3.09. The van der Waals surface area contributed by atoms with Crippen molar-refractivity contribution < 1.29 is 21.3 Å². The molecule has 2 aromatic rings. The topological polar surface area (TPSA) is 96.7 Å². The molecule has 2 rings (SSSR count). The molecule has 7 nitrogen and oxygen atoms in total. The van der Waals surface area contributed by atoms with E-state index in [9.17, 15) is 16.8 Å². The summed E-state index contributed by atoms with van der Waals surface area (Å²) in [5.74, 6) is 0.742. The zero-order chi connectivity index (χ0) is 18.8. The van der Waals surface area contributed by atoms with E-state index in [1.165, 1.54) is 18.2 Å². The maximum Gasteiger partial charge on any atom is 0.177 e. The molecule has 138 valence electrons. The lowest BCUT2D eigenvalue weighted by atomic mass is 10.2. The van der Waals surface area contributed by atoms with Gasteiger partial charge in [-0.15, -0.1) is 0 Å². The molecule has 0 saturated heterocycles. The first-order valence-electron chi connectivity index (χ1n) is 7.48. The van der Waals surface area contributed by atoms with Crippen LogP contribution in [0.3, 0.4) is 0 Å². The Labute approximate surface area is 148 Å². The van der Waals surface area contributed by atoms with Gasteiger partial charge in [0.1, 0.15) is 5.76 Å². The zero-order valence-electron chi connectivity index (χ0n) is 14.6. The lowest BCUT2D eigenvalue weighted by Crippen LogP contribution is -2.27. The first kappa shape index (κ1) is 19.5. The lowest BCUT2D eigenvalue weighted by Gasteiger charge is -2.23. The van der Waals surface area contributed by atoms with Crippen molar-refractivity contribution in [2.75, 3.05) is 38.5 Å². The largest absolute Gasteiger partial charge is 0.468 e. The number of sulfone groups is 2. The van der Waals surface area contributed by atoms with Crippen molar-refractivity contribution in [1.29, 1.82) is 0 Å². The van der Waals surface area contributed by atoms with Gasteiger partial charge in [-0.3, -0.25) is 4.90 Å². The van der Waals surface area contributed by atoms with Gasteiger partial charge in [0.05, 0.1) is 27.8 Å². The molecule has 0 aliphatic rings. The summed E-state index contributed by atoms with van der Waals surface area (Å²) in [4.78, 5) is 1.86. The molecule has 1 aromatic carbocycles. The zero-order valence-corrected chi connectivity index (χ0v) is 16.2. The standard InChI is InChI=1S/C16H22N2O5S2/c1-18(2)14(15-6-5-9-23-15)11-17-13-8-7-12(24(3,19)20)10-16(13)25(4,21)22/h5-10,14,17H,11H2,1-4H3. The van der Waals surface area contributed by atoms with Gasteiger partial charge in [-0.1, -0.05) is 0 Å². The Kier molecular flexibility index (Phi) is 5.60. The van der Waals surface area contributed by atoms with E-state index in [0.29, 0.717) is 12.2 Å². The molecular formula is C16H22N2O5S2. The fourth-order valence-corrected chi connectivity index (χ4v) is 4.01. The van der Waals surface area contributed by atoms with Gasteiger partial charge in [0.15, 0.2) is 19.7 Å². The highest BCUT2D eigenvalue weighted by Crippen LogP contribution is 2.27. The average molecular weight is 386 g/mol. The van der Waals surface area contributed by atoms with Crippen LogP contribution in [0.15, 0.2) is 50.8 Å². The molecule has 0 aliphatic heterocycles. The summed E-state index contributed by atoms with van der Waals surface area (Å²) in [7, 11) is -3.32. The third-order valence-electron chi connectivity index (χ3n) is 3.76. The maximum atomic E-state index is 12.1. The molecule has 1 atom stereocenters. The highest BCUT2D eigenvalue weighted by Gasteiger charge is 2.21. The summed E-state index contributed by atoms with van der Waals surface area (Å²) < 4.78 is 53.0. The van der Waals surface area contributed by atoms with E-state index in [1.807, 2.05) is 25.1 Å². The van der Waals surface area contributed by atoms with Crippen molar-refractivity contribution in [3.63, 3.8) is 0 Å². The van der Waals surface area contributed by atoms with Crippen molar-refractivity contribution >= 4 is 25.4 Å². The van der Waals surface area contributed by atoms with Gasteiger partial charge in [0, 0.05) is 19.1 Å². The molecule has 25 heavy (non-hydrogen) atoms. The van der Waals surface area contributed by atoms with Crippen LogP contribution in [0.2, 0.25) is 0 Å². The Bertz CT molecular complexity index is 933. The highest BCUT2D eigenvalue weighted by molar-refractivity contribution is 7.91. The molecule has 0 saturated carbocycles. The summed E-state index contributed by atoms with van der Waals surface area (Å²) in [5.41, 5.74) is 0.355. The van der Waals surface area contributed by atoms with Crippen molar-refractivity contribution in [2.24, 2.45) is 0 Å². The van der Waals surface area contributed by atoms with Gasteiger partial charge in [0.25, 0.3) is 0 Å². The minimum absolute atomic E-state index is 0.0336. The SMILES string of the molecule is CN(C)C(CNc1ccc(S(C)(=O)=O)cc1S(C)(=O)=O)c1ccco1. The van der Waals surface area contributed by atoms with Crippen LogP contribution in [0.1, 0.15) is 11.8 Å². The first-order chi connectivity index (χ1) is 11.5. The first-order valence-corrected chi connectivity index (χ1v) is 11.3. The van der Waals surface area contributed by atoms with E-state index in [1.54, 1.807) is 12.3 Å². The molecular weight excluding hydrogens is 364 g/mol. The second kappa shape index (κ2) is 7.19. The molecule has 9 heteroatoms. The monoisotopic (exact) mass is 386 g/mol. The predicted octanol–water partition coefficient (Wildman–Crippen LogP) is 1.80. The number of hydrogen-bond acceptors (Lipinski definition) is 7.